The molecule has 0 aliphatic carbocycles. The maximum atomic E-state index is 3.62. The van der Waals surface area contributed by atoms with E-state index in [2.05, 4.69) is 18.4 Å². The van der Waals surface area contributed by atoms with Crippen LogP contribution in [0.3, 0.4) is 0 Å². The van der Waals surface area contributed by atoms with Crippen LogP contribution in [0.2, 0.25) is 0 Å². The zero-order valence-corrected chi connectivity index (χ0v) is 6.63. The molecule has 0 heterocycles. The smallest absolute Gasteiger partial charge is 0.0180 e. The lowest BCUT2D eigenvalue weighted by Crippen LogP contribution is -1.76. The van der Waals surface area contributed by atoms with Gasteiger partial charge in [-0.1, -0.05) is 6.08 Å². The van der Waals surface area contributed by atoms with Crippen LogP contribution in [0.15, 0.2) is 12.7 Å². The summed E-state index contributed by atoms with van der Waals surface area (Å²) in [7, 11) is 0. The Morgan fingerprint density at radius 3 is 3.00 bits per heavy atom. The van der Waals surface area contributed by atoms with Crippen molar-refractivity contribution in [1.82, 2.24) is 0 Å². The van der Waals surface area contributed by atoms with E-state index >= 15 is 0 Å². The van der Waals surface area contributed by atoms with Crippen LogP contribution in [-0.2, 0) is 0 Å². The van der Waals surface area contributed by atoms with E-state index in [-0.39, 0.29) is 0 Å². The molecule has 0 aromatic heterocycles. The second kappa shape index (κ2) is 7.65. The van der Waals surface area contributed by atoms with Gasteiger partial charge in [0.2, 0.25) is 0 Å². The Labute approximate surface area is 61.7 Å². The van der Waals surface area contributed by atoms with Crippen LogP contribution in [-0.4, -0.2) is 11.5 Å². The van der Waals surface area contributed by atoms with Crippen molar-refractivity contribution in [3.63, 3.8) is 0 Å². The second-order valence-electron chi connectivity index (χ2n) is 1.54. The maximum absolute atomic E-state index is 3.62. The molecule has 0 nitrogen and oxygen atoms in total. The molecular formula is C8H12S. The van der Waals surface area contributed by atoms with Crippen molar-refractivity contribution in [2.75, 3.05) is 11.5 Å². The zero-order valence-electron chi connectivity index (χ0n) is 5.81. The van der Waals surface area contributed by atoms with Crippen molar-refractivity contribution in [3.8, 4) is 11.8 Å². The van der Waals surface area contributed by atoms with Crippen LogP contribution in [0, 0.1) is 11.8 Å². The molecular weight excluding hydrogens is 128 g/mol. The van der Waals surface area contributed by atoms with Gasteiger partial charge in [-0.25, -0.2) is 0 Å². The lowest BCUT2D eigenvalue weighted by molar-refractivity contribution is 1.30. The molecule has 0 aliphatic rings. The van der Waals surface area contributed by atoms with Crippen LogP contribution < -0.4 is 0 Å². The number of hydrogen-bond acceptors (Lipinski definition) is 1. The molecule has 0 rings (SSSR count). The number of rotatable bonds is 4. The van der Waals surface area contributed by atoms with Gasteiger partial charge in [-0.05, 0) is 6.92 Å². The highest BCUT2D eigenvalue weighted by Gasteiger charge is 1.79. The Bertz CT molecular complexity index is 116. The van der Waals surface area contributed by atoms with Crippen LogP contribution >= 0.6 is 11.8 Å². The Kier molecular flexibility index (Phi) is 7.35. The van der Waals surface area contributed by atoms with E-state index in [9.17, 15) is 0 Å². The lowest BCUT2D eigenvalue weighted by atomic mass is 10.5. The summed E-state index contributed by atoms with van der Waals surface area (Å²) < 4.78 is 0. The Hall–Kier alpha value is -0.350. The highest BCUT2D eigenvalue weighted by Crippen LogP contribution is 2.00. The third-order valence-corrected chi connectivity index (χ3v) is 1.75. The molecule has 50 valence electrons. The summed E-state index contributed by atoms with van der Waals surface area (Å²) in [6.45, 7) is 5.49. The third kappa shape index (κ3) is 7.65. The number of thioether (sulfide) groups is 1. The molecule has 0 amide bonds. The summed E-state index contributed by atoms with van der Waals surface area (Å²) in [5, 5.41) is 0. The molecule has 0 spiro atoms. The normalized spacial score (nSPS) is 7.67. The minimum absolute atomic E-state index is 1.01. The first-order chi connectivity index (χ1) is 4.41. The van der Waals surface area contributed by atoms with Gasteiger partial charge in [0.15, 0.2) is 0 Å². The zero-order chi connectivity index (χ0) is 6.95. The number of hydrogen-bond donors (Lipinski definition) is 0. The van der Waals surface area contributed by atoms with Crippen LogP contribution in [0.25, 0.3) is 0 Å². The van der Waals surface area contributed by atoms with E-state index in [0.29, 0.717) is 0 Å². The molecule has 0 aromatic rings. The third-order valence-electron chi connectivity index (χ3n) is 0.784. The molecule has 0 unspecified atom stereocenters. The van der Waals surface area contributed by atoms with E-state index in [1.807, 2.05) is 24.8 Å². The van der Waals surface area contributed by atoms with Crippen molar-refractivity contribution in [2.24, 2.45) is 0 Å². The second-order valence-corrected chi connectivity index (χ2v) is 2.69. The van der Waals surface area contributed by atoms with Gasteiger partial charge in [0.1, 0.15) is 0 Å². The largest absolute Gasteiger partial charge is 0.157 e. The molecule has 0 saturated carbocycles. The van der Waals surface area contributed by atoms with Crippen LogP contribution in [0.4, 0.5) is 0 Å². The molecule has 0 bridgehead atoms. The lowest BCUT2D eigenvalue weighted by Gasteiger charge is -1.88. The maximum Gasteiger partial charge on any atom is 0.0180 e. The summed E-state index contributed by atoms with van der Waals surface area (Å²) in [5.74, 6) is 8.04. The summed E-state index contributed by atoms with van der Waals surface area (Å²) in [5.41, 5.74) is 0. The average Bonchev–Trinajstić information content (AvgIpc) is 1.89. The van der Waals surface area contributed by atoms with E-state index < -0.39 is 0 Å². The van der Waals surface area contributed by atoms with Crippen molar-refractivity contribution in [1.29, 1.82) is 0 Å². The highest BCUT2D eigenvalue weighted by atomic mass is 32.2. The summed E-state index contributed by atoms with van der Waals surface area (Å²) in [6.07, 6.45) is 2.93. The molecule has 9 heavy (non-hydrogen) atoms. The van der Waals surface area contributed by atoms with Crippen molar-refractivity contribution >= 4 is 11.8 Å². The van der Waals surface area contributed by atoms with Gasteiger partial charge < -0.3 is 0 Å². The Morgan fingerprint density at radius 2 is 2.44 bits per heavy atom. The topological polar surface area (TPSA) is 0 Å². The molecule has 0 radical (unpaired) electrons. The van der Waals surface area contributed by atoms with E-state index in [4.69, 9.17) is 0 Å². The van der Waals surface area contributed by atoms with Gasteiger partial charge in [-0.15, -0.1) is 18.4 Å². The van der Waals surface area contributed by atoms with Gasteiger partial charge >= 0.3 is 0 Å². The van der Waals surface area contributed by atoms with Crippen LogP contribution in [0.5, 0.6) is 0 Å². The first kappa shape index (κ1) is 8.65. The van der Waals surface area contributed by atoms with Crippen molar-refractivity contribution < 1.29 is 0 Å². The molecule has 0 aromatic carbocycles. The fourth-order valence-corrected chi connectivity index (χ4v) is 0.995. The average molecular weight is 140 g/mol. The molecule has 0 atom stereocenters. The first-order valence-corrected chi connectivity index (χ1v) is 4.15. The quantitative estimate of drug-likeness (QED) is 0.328. The summed E-state index contributed by atoms with van der Waals surface area (Å²) >= 11 is 1.87. The molecule has 0 fully saturated rings. The summed E-state index contributed by atoms with van der Waals surface area (Å²) in [4.78, 5) is 0. The molecule has 0 aliphatic heterocycles. The predicted octanol–water partition coefficient (Wildman–Crippen LogP) is 2.32. The van der Waals surface area contributed by atoms with Gasteiger partial charge in [0.25, 0.3) is 0 Å². The van der Waals surface area contributed by atoms with E-state index in [1.165, 1.54) is 0 Å². The highest BCUT2D eigenvalue weighted by molar-refractivity contribution is 7.99. The summed E-state index contributed by atoms with van der Waals surface area (Å²) in [6, 6.07) is 0. The van der Waals surface area contributed by atoms with Gasteiger partial charge in [0, 0.05) is 17.9 Å². The predicted molar refractivity (Wildman–Crippen MR) is 45.6 cm³/mol. The van der Waals surface area contributed by atoms with Crippen molar-refractivity contribution in [2.45, 2.75) is 13.3 Å². The van der Waals surface area contributed by atoms with Gasteiger partial charge in [-0.3, -0.25) is 0 Å². The molecule has 0 N–H and O–H groups in total. The van der Waals surface area contributed by atoms with Crippen molar-refractivity contribution in [3.05, 3.63) is 12.7 Å². The first-order valence-electron chi connectivity index (χ1n) is 3.00. The minimum atomic E-state index is 1.01. The van der Waals surface area contributed by atoms with Gasteiger partial charge in [0.05, 0.1) is 0 Å². The molecule has 0 saturated heterocycles. The standard InChI is InChI=1S/C8H12S/c1-3-5-6-8-9-7-4-2/h4H,2,6-8H2,1H3. The minimum Gasteiger partial charge on any atom is -0.157 e. The van der Waals surface area contributed by atoms with Gasteiger partial charge in [-0.2, -0.15) is 11.8 Å². The molecule has 1 heteroatoms. The Morgan fingerprint density at radius 1 is 1.67 bits per heavy atom. The monoisotopic (exact) mass is 140 g/mol. The fourth-order valence-electron chi connectivity index (χ4n) is 0.415. The van der Waals surface area contributed by atoms with E-state index in [1.54, 1.807) is 0 Å². The Balaban J connectivity index is 2.88. The van der Waals surface area contributed by atoms with E-state index in [0.717, 1.165) is 17.9 Å². The fraction of sp³-hybridized carbons (Fsp3) is 0.500. The SMILES string of the molecule is C=CCSCCC#CC. The van der Waals surface area contributed by atoms with Crippen LogP contribution in [0.1, 0.15) is 13.3 Å².